The second-order valence-electron chi connectivity index (χ2n) is 6.73. The Morgan fingerprint density at radius 2 is 1.57 bits per heavy atom. The molecule has 0 radical (unpaired) electrons. The number of hydrazine groups is 1. The van der Waals surface area contributed by atoms with E-state index in [4.69, 9.17) is 5.84 Å². The Labute approximate surface area is 183 Å². The summed E-state index contributed by atoms with van der Waals surface area (Å²) >= 11 is 3.30. The fourth-order valence-electron chi connectivity index (χ4n) is 3.08. The zero-order chi connectivity index (χ0) is 21.7. The predicted octanol–water partition coefficient (Wildman–Crippen LogP) is 0.998. The number of sulfonamides is 1. The van der Waals surface area contributed by atoms with Gasteiger partial charge in [0.15, 0.2) is 0 Å². The van der Waals surface area contributed by atoms with E-state index in [-0.39, 0.29) is 17.3 Å². The third kappa shape index (κ3) is 5.43. The lowest BCUT2D eigenvalue weighted by Crippen LogP contribution is -2.50. The number of halogens is 1. The van der Waals surface area contributed by atoms with Gasteiger partial charge in [-0.15, -0.1) is 0 Å². The van der Waals surface area contributed by atoms with Crippen LogP contribution < -0.4 is 16.6 Å². The molecule has 0 saturated carbocycles. The van der Waals surface area contributed by atoms with Crippen molar-refractivity contribution in [3.05, 3.63) is 58.6 Å². The van der Waals surface area contributed by atoms with E-state index in [1.165, 1.54) is 4.31 Å². The number of carbonyl (C=O) groups is 2. The molecule has 160 valence electrons. The van der Waals surface area contributed by atoms with Crippen LogP contribution in [0.3, 0.4) is 0 Å². The molecule has 1 fully saturated rings. The SMILES string of the molecule is NNC(=O)c1ccc(NC(=O)CN2CCN(S(=O)(=O)c3ccc(Br)cc3)CC2)cc1. The van der Waals surface area contributed by atoms with Crippen molar-refractivity contribution in [1.29, 1.82) is 0 Å². The van der Waals surface area contributed by atoms with E-state index in [1.54, 1.807) is 48.5 Å². The standard InChI is InChI=1S/C19H22BrN5O4S/c20-15-3-7-17(8-4-15)30(28,29)25-11-9-24(10-12-25)13-18(26)22-16-5-1-14(2-6-16)19(27)23-21/h1-8H,9-13,21H2,(H,22,26)(H,23,27). The highest BCUT2D eigenvalue weighted by atomic mass is 79.9. The Hall–Kier alpha value is -2.31. The molecule has 0 unspecified atom stereocenters. The van der Waals surface area contributed by atoms with Crippen LogP contribution in [-0.4, -0.2) is 62.2 Å². The van der Waals surface area contributed by atoms with Gasteiger partial charge in [-0.1, -0.05) is 15.9 Å². The molecule has 11 heteroatoms. The minimum atomic E-state index is -3.55. The number of amides is 2. The summed E-state index contributed by atoms with van der Waals surface area (Å²) in [6, 6.07) is 12.9. The van der Waals surface area contributed by atoms with Crippen molar-refractivity contribution < 1.29 is 18.0 Å². The summed E-state index contributed by atoms with van der Waals surface area (Å²) in [5.41, 5.74) is 2.99. The Morgan fingerprint density at radius 1 is 0.967 bits per heavy atom. The van der Waals surface area contributed by atoms with Gasteiger partial charge in [0, 0.05) is 41.9 Å². The molecule has 2 aromatic carbocycles. The molecule has 0 aromatic heterocycles. The molecule has 30 heavy (non-hydrogen) atoms. The van der Waals surface area contributed by atoms with Crippen molar-refractivity contribution in [1.82, 2.24) is 14.6 Å². The number of nitrogens with one attached hydrogen (secondary N) is 2. The van der Waals surface area contributed by atoms with E-state index in [2.05, 4.69) is 21.2 Å². The lowest BCUT2D eigenvalue weighted by Gasteiger charge is -2.33. The Balaban J connectivity index is 1.51. The number of rotatable bonds is 6. The lowest BCUT2D eigenvalue weighted by atomic mass is 10.2. The number of carbonyl (C=O) groups excluding carboxylic acids is 2. The second-order valence-corrected chi connectivity index (χ2v) is 9.59. The molecule has 4 N–H and O–H groups in total. The molecule has 9 nitrogen and oxygen atoms in total. The van der Waals surface area contributed by atoms with Crippen LogP contribution in [0.25, 0.3) is 0 Å². The summed E-state index contributed by atoms with van der Waals surface area (Å²) in [5, 5.41) is 2.77. The molecular formula is C19H22BrN5O4S. The first-order valence-electron chi connectivity index (χ1n) is 9.18. The number of hydrogen-bond acceptors (Lipinski definition) is 6. The van der Waals surface area contributed by atoms with Crippen molar-refractivity contribution in [2.24, 2.45) is 5.84 Å². The molecular weight excluding hydrogens is 474 g/mol. The molecule has 2 amide bonds. The van der Waals surface area contributed by atoms with Crippen LogP contribution in [0.1, 0.15) is 10.4 Å². The van der Waals surface area contributed by atoms with Crippen molar-refractivity contribution in [3.63, 3.8) is 0 Å². The Bertz CT molecular complexity index is 1000. The zero-order valence-corrected chi connectivity index (χ0v) is 18.4. The number of piperazine rings is 1. The van der Waals surface area contributed by atoms with Gasteiger partial charge in [0.2, 0.25) is 15.9 Å². The van der Waals surface area contributed by atoms with Crippen molar-refractivity contribution in [2.45, 2.75) is 4.90 Å². The average molecular weight is 496 g/mol. The number of hydrogen-bond donors (Lipinski definition) is 3. The minimum Gasteiger partial charge on any atom is -0.325 e. The quantitative estimate of drug-likeness (QED) is 0.311. The highest BCUT2D eigenvalue weighted by molar-refractivity contribution is 9.10. The third-order valence-corrected chi connectivity index (χ3v) is 7.15. The minimum absolute atomic E-state index is 0.150. The summed E-state index contributed by atoms with van der Waals surface area (Å²) in [6.07, 6.45) is 0. The smallest absolute Gasteiger partial charge is 0.265 e. The molecule has 1 saturated heterocycles. The Morgan fingerprint density at radius 3 is 2.13 bits per heavy atom. The van der Waals surface area contributed by atoms with E-state index >= 15 is 0 Å². The normalized spacial score (nSPS) is 15.5. The third-order valence-electron chi connectivity index (χ3n) is 4.71. The summed E-state index contributed by atoms with van der Waals surface area (Å²) in [6.45, 7) is 1.69. The zero-order valence-electron chi connectivity index (χ0n) is 16.0. The number of nitrogens with two attached hydrogens (primary N) is 1. The largest absolute Gasteiger partial charge is 0.325 e. The summed E-state index contributed by atoms with van der Waals surface area (Å²) in [5.74, 6) is 4.46. The van der Waals surface area contributed by atoms with Crippen LogP contribution in [-0.2, 0) is 14.8 Å². The van der Waals surface area contributed by atoms with Crippen molar-refractivity contribution >= 4 is 43.5 Å². The molecule has 1 heterocycles. The number of anilines is 1. The van der Waals surface area contributed by atoms with Gasteiger partial charge in [0.25, 0.3) is 5.91 Å². The monoisotopic (exact) mass is 495 g/mol. The first-order valence-corrected chi connectivity index (χ1v) is 11.4. The van der Waals surface area contributed by atoms with Gasteiger partial charge in [-0.05, 0) is 48.5 Å². The fourth-order valence-corrected chi connectivity index (χ4v) is 4.76. The van der Waals surface area contributed by atoms with Gasteiger partial charge >= 0.3 is 0 Å². The molecule has 0 aliphatic carbocycles. The highest BCUT2D eigenvalue weighted by Crippen LogP contribution is 2.20. The van der Waals surface area contributed by atoms with Gasteiger partial charge < -0.3 is 5.32 Å². The molecule has 0 spiro atoms. The molecule has 3 rings (SSSR count). The van der Waals surface area contributed by atoms with Crippen LogP contribution in [0.2, 0.25) is 0 Å². The number of nitrogen functional groups attached to an aromatic ring is 1. The van der Waals surface area contributed by atoms with Crippen molar-refractivity contribution in [2.75, 3.05) is 38.0 Å². The van der Waals surface area contributed by atoms with Crippen molar-refractivity contribution in [3.8, 4) is 0 Å². The van der Waals surface area contributed by atoms with Crippen LogP contribution in [0.15, 0.2) is 57.9 Å². The fraction of sp³-hybridized carbons (Fsp3) is 0.263. The number of benzene rings is 2. The summed E-state index contributed by atoms with van der Waals surface area (Å²) in [4.78, 5) is 25.9. The predicted molar refractivity (Wildman–Crippen MR) is 116 cm³/mol. The summed E-state index contributed by atoms with van der Waals surface area (Å²) < 4.78 is 27.7. The van der Waals surface area contributed by atoms with Gasteiger partial charge in [-0.3, -0.25) is 19.9 Å². The van der Waals surface area contributed by atoms with E-state index in [0.29, 0.717) is 37.4 Å². The first kappa shape index (κ1) is 22.4. The second kappa shape index (κ2) is 9.67. The van der Waals surface area contributed by atoms with Gasteiger partial charge in [0.1, 0.15) is 0 Å². The van der Waals surface area contributed by atoms with E-state index in [9.17, 15) is 18.0 Å². The molecule has 2 aromatic rings. The maximum Gasteiger partial charge on any atom is 0.265 e. The van der Waals surface area contributed by atoms with E-state index < -0.39 is 15.9 Å². The van der Waals surface area contributed by atoms with Crippen LogP contribution in [0.4, 0.5) is 5.69 Å². The van der Waals surface area contributed by atoms with Crippen LogP contribution in [0.5, 0.6) is 0 Å². The van der Waals surface area contributed by atoms with Gasteiger partial charge in [-0.2, -0.15) is 4.31 Å². The molecule has 1 aliphatic rings. The average Bonchev–Trinajstić information content (AvgIpc) is 2.74. The maximum absolute atomic E-state index is 12.7. The molecule has 0 bridgehead atoms. The first-order chi connectivity index (χ1) is 14.3. The molecule has 0 atom stereocenters. The lowest BCUT2D eigenvalue weighted by molar-refractivity contribution is -0.117. The van der Waals surface area contributed by atoms with E-state index in [1.807, 2.05) is 10.3 Å². The number of nitrogens with zero attached hydrogens (tertiary/aromatic N) is 2. The van der Waals surface area contributed by atoms with E-state index in [0.717, 1.165) is 4.47 Å². The van der Waals surface area contributed by atoms with Gasteiger partial charge in [0.05, 0.1) is 11.4 Å². The highest BCUT2D eigenvalue weighted by Gasteiger charge is 2.29. The topological polar surface area (TPSA) is 125 Å². The van der Waals surface area contributed by atoms with Crippen LogP contribution >= 0.6 is 15.9 Å². The van der Waals surface area contributed by atoms with Crippen LogP contribution in [0, 0.1) is 0 Å². The summed E-state index contributed by atoms with van der Waals surface area (Å²) in [7, 11) is -3.55. The Kier molecular flexibility index (Phi) is 7.21. The van der Waals surface area contributed by atoms with Gasteiger partial charge in [-0.25, -0.2) is 14.3 Å². The molecule has 1 aliphatic heterocycles. The maximum atomic E-state index is 12.7.